The number of ether oxygens (including phenoxy) is 1. The molecular formula is C15H29N3O2S. The lowest BCUT2D eigenvalue weighted by Crippen LogP contribution is -2.46. The number of hydrogen-bond donors (Lipinski definition) is 1. The molecule has 1 saturated heterocycles. The lowest BCUT2D eigenvalue weighted by molar-refractivity contribution is -0.149. The molecule has 1 aliphatic rings. The van der Waals surface area contributed by atoms with E-state index in [-0.39, 0.29) is 11.9 Å². The van der Waals surface area contributed by atoms with Gasteiger partial charge in [-0.25, -0.2) is 0 Å². The monoisotopic (exact) mass is 315 g/mol. The first-order chi connectivity index (χ1) is 10.2. The second kappa shape index (κ2) is 10.8. The molecule has 0 bridgehead atoms. The molecule has 1 rings (SSSR count). The molecule has 0 spiro atoms. The molecule has 0 saturated carbocycles. The molecule has 6 heteroatoms. The van der Waals surface area contributed by atoms with Gasteiger partial charge >= 0.3 is 5.97 Å². The molecular weight excluding hydrogens is 286 g/mol. The second-order valence-corrected chi connectivity index (χ2v) is 6.17. The van der Waals surface area contributed by atoms with Gasteiger partial charge < -0.3 is 15.0 Å². The summed E-state index contributed by atoms with van der Waals surface area (Å²) in [6.07, 6.45) is 6.24. The van der Waals surface area contributed by atoms with Crippen molar-refractivity contribution in [2.75, 3.05) is 45.3 Å². The third-order valence-corrected chi connectivity index (χ3v) is 4.38. The van der Waals surface area contributed by atoms with E-state index in [9.17, 15) is 4.79 Å². The average molecular weight is 315 g/mol. The Morgan fingerprint density at radius 1 is 1.38 bits per heavy atom. The SMILES string of the molecule is CCOC(=O)C1CCN(C(=NC)NCCCCSC)CC1. The Morgan fingerprint density at radius 3 is 2.67 bits per heavy atom. The van der Waals surface area contributed by atoms with Gasteiger partial charge in [-0.05, 0) is 44.6 Å². The van der Waals surface area contributed by atoms with Gasteiger partial charge in [0.05, 0.1) is 12.5 Å². The minimum atomic E-state index is -0.0443. The van der Waals surface area contributed by atoms with Crippen LogP contribution in [0, 0.1) is 5.92 Å². The summed E-state index contributed by atoms with van der Waals surface area (Å²) in [4.78, 5) is 18.3. The first-order valence-corrected chi connectivity index (χ1v) is 9.23. The van der Waals surface area contributed by atoms with Crippen LogP contribution in [0.4, 0.5) is 0 Å². The molecule has 1 heterocycles. The number of esters is 1. The van der Waals surface area contributed by atoms with Gasteiger partial charge in [-0.15, -0.1) is 0 Å². The highest BCUT2D eigenvalue weighted by Crippen LogP contribution is 2.18. The normalized spacial score (nSPS) is 16.9. The number of nitrogens with zero attached hydrogens (tertiary/aromatic N) is 2. The number of rotatable bonds is 7. The smallest absolute Gasteiger partial charge is 0.309 e. The summed E-state index contributed by atoms with van der Waals surface area (Å²) in [5.41, 5.74) is 0. The Morgan fingerprint density at radius 2 is 2.10 bits per heavy atom. The molecule has 1 aliphatic heterocycles. The van der Waals surface area contributed by atoms with Crippen LogP contribution in [-0.2, 0) is 9.53 Å². The van der Waals surface area contributed by atoms with Gasteiger partial charge in [0.2, 0.25) is 0 Å². The van der Waals surface area contributed by atoms with Crippen molar-refractivity contribution >= 4 is 23.7 Å². The van der Waals surface area contributed by atoms with Crippen LogP contribution in [0.15, 0.2) is 4.99 Å². The predicted molar refractivity (Wildman–Crippen MR) is 89.9 cm³/mol. The number of piperidine rings is 1. The minimum Gasteiger partial charge on any atom is -0.466 e. The molecule has 0 aromatic carbocycles. The number of nitrogens with one attached hydrogen (secondary N) is 1. The van der Waals surface area contributed by atoms with Crippen molar-refractivity contribution in [1.29, 1.82) is 0 Å². The maximum atomic E-state index is 11.7. The molecule has 0 unspecified atom stereocenters. The number of guanidine groups is 1. The Labute approximate surface area is 132 Å². The summed E-state index contributed by atoms with van der Waals surface area (Å²) in [6.45, 7) is 5.03. The molecule has 1 fully saturated rings. The van der Waals surface area contributed by atoms with E-state index >= 15 is 0 Å². The number of likely N-dealkylation sites (tertiary alicyclic amines) is 1. The van der Waals surface area contributed by atoms with E-state index in [0.29, 0.717) is 6.61 Å². The highest BCUT2D eigenvalue weighted by atomic mass is 32.2. The topological polar surface area (TPSA) is 53.9 Å². The van der Waals surface area contributed by atoms with Crippen molar-refractivity contribution in [1.82, 2.24) is 10.2 Å². The predicted octanol–water partition coefficient (Wildman–Crippen LogP) is 1.98. The van der Waals surface area contributed by atoms with E-state index in [2.05, 4.69) is 21.5 Å². The van der Waals surface area contributed by atoms with Crippen LogP contribution in [-0.4, -0.2) is 62.1 Å². The summed E-state index contributed by atoms with van der Waals surface area (Å²) in [7, 11) is 1.82. The van der Waals surface area contributed by atoms with Gasteiger partial charge in [0.15, 0.2) is 5.96 Å². The van der Waals surface area contributed by atoms with Gasteiger partial charge in [-0.3, -0.25) is 9.79 Å². The van der Waals surface area contributed by atoms with Gasteiger partial charge in [0.25, 0.3) is 0 Å². The average Bonchev–Trinajstić information content (AvgIpc) is 2.51. The van der Waals surface area contributed by atoms with Crippen LogP contribution in [0.3, 0.4) is 0 Å². The number of thioether (sulfide) groups is 1. The van der Waals surface area contributed by atoms with E-state index in [4.69, 9.17) is 4.74 Å². The Hall–Kier alpha value is -0.910. The summed E-state index contributed by atoms with van der Waals surface area (Å²) in [6, 6.07) is 0. The zero-order valence-electron chi connectivity index (χ0n) is 13.6. The third kappa shape index (κ3) is 6.59. The minimum absolute atomic E-state index is 0.0443. The Balaban J connectivity index is 2.28. The van der Waals surface area contributed by atoms with Crippen LogP contribution in [0.1, 0.15) is 32.6 Å². The van der Waals surface area contributed by atoms with Gasteiger partial charge in [0.1, 0.15) is 0 Å². The van der Waals surface area contributed by atoms with Crippen LogP contribution in [0.5, 0.6) is 0 Å². The summed E-state index contributed by atoms with van der Waals surface area (Å²) in [5, 5.41) is 3.42. The van der Waals surface area contributed by atoms with E-state index in [1.54, 1.807) is 0 Å². The van der Waals surface area contributed by atoms with Crippen molar-refractivity contribution in [2.45, 2.75) is 32.6 Å². The number of aliphatic imine (C=N–C) groups is 1. The fourth-order valence-electron chi connectivity index (χ4n) is 2.49. The molecule has 0 aromatic rings. The van der Waals surface area contributed by atoms with Crippen LogP contribution in [0.25, 0.3) is 0 Å². The molecule has 5 nitrogen and oxygen atoms in total. The number of carbonyl (C=O) groups excluding carboxylic acids is 1. The number of unbranched alkanes of at least 4 members (excludes halogenated alkanes) is 1. The van der Waals surface area contributed by atoms with E-state index in [1.165, 1.54) is 18.6 Å². The summed E-state index contributed by atoms with van der Waals surface area (Å²) in [5.74, 6) is 2.19. The summed E-state index contributed by atoms with van der Waals surface area (Å²) < 4.78 is 5.10. The third-order valence-electron chi connectivity index (χ3n) is 3.68. The standard InChI is InChI=1S/C15H29N3O2S/c1-4-20-14(19)13-7-10-18(11-8-13)15(16-2)17-9-5-6-12-21-3/h13H,4-12H2,1-3H3,(H,16,17). The van der Waals surface area contributed by atoms with Crippen LogP contribution < -0.4 is 5.32 Å². The zero-order chi connectivity index (χ0) is 15.5. The quantitative estimate of drug-likeness (QED) is 0.337. The molecule has 0 aromatic heterocycles. The van der Waals surface area contributed by atoms with Crippen LogP contribution >= 0.6 is 11.8 Å². The maximum Gasteiger partial charge on any atom is 0.309 e. The maximum absolute atomic E-state index is 11.7. The van der Waals surface area contributed by atoms with Gasteiger partial charge in [-0.2, -0.15) is 11.8 Å². The van der Waals surface area contributed by atoms with Crippen molar-refractivity contribution in [3.05, 3.63) is 0 Å². The fraction of sp³-hybridized carbons (Fsp3) is 0.867. The van der Waals surface area contributed by atoms with Crippen molar-refractivity contribution < 1.29 is 9.53 Å². The zero-order valence-corrected chi connectivity index (χ0v) is 14.4. The van der Waals surface area contributed by atoms with Crippen LogP contribution in [0.2, 0.25) is 0 Å². The van der Waals surface area contributed by atoms with Gasteiger partial charge in [0, 0.05) is 26.7 Å². The number of carbonyl (C=O) groups is 1. The number of hydrogen-bond acceptors (Lipinski definition) is 4. The molecule has 1 N–H and O–H groups in total. The first-order valence-electron chi connectivity index (χ1n) is 7.84. The second-order valence-electron chi connectivity index (χ2n) is 5.19. The summed E-state index contributed by atoms with van der Waals surface area (Å²) >= 11 is 1.89. The Bertz CT molecular complexity index is 329. The molecule has 0 atom stereocenters. The molecule has 0 amide bonds. The lowest BCUT2D eigenvalue weighted by Gasteiger charge is -2.33. The highest BCUT2D eigenvalue weighted by Gasteiger charge is 2.27. The highest BCUT2D eigenvalue weighted by molar-refractivity contribution is 7.98. The molecule has 0 aliphatic carbocycles. The Kier molecular flexibility index (Phi) is 9.30. The van der Waals surface area contributed by atoms with Gasteiger partial charge in [-0.1, -0.05) is 0 Å². The first kappa shape index (κ1) is 18.1. The molecule has 21 heavy (non-hydrogen) atoms. The van der Waals surface area contributed by atoms with Crippen molar-refractivity contribution in [3.8, 4) is 0 Å². The van der Waals surface area contributed by atoms with Crippen molar-refractivity contribution in [3.63, 3.8) is 0 Å². The lowest BCUT2D eigenvalue weighted by atomic mass is 9.97. The van der Waals surface area contributed by atoms with E-state index < -0.39 is 0 Å². The fourth-order valence-corrected chi connectivity index (χ4v) is 2.98. The molecule has 122 valence electrons. The van der Waals surface area contributed by atoms with E-state index in [0.717, 1.165) is 38.4 Å². The molecule has 0 radical (unpaired) electrons. The largest absolute Gasteiger partial charge is 0.466 e. The van der Waals surface area contributed by atoms with Crippen molar-refractivity contribution in [2.24, 2.45) is 10.9 Å². The van der Waals surface area contributed by atoms with E-state index in [1.807, 2.05) is 25.7 Å².